The quantitative estimate of drug-likeness (QED) is 0.354. The molecule has 8 heteroatoms. The maximum absolute atomic E-state index is 13.4. The van der Waals surface area contributed by atoms with Crippen LogP contribution in [0.2, 0.25) is 0 Å². The van der Waals surface area contributed by atoms with Gasteiger partial charge in [0.05, 0.1) is 18.0 Å². The lowest BCUT2D eigenvalue weighted by molar-refractivity contribution is -0.159. The van der Waals surface area contributed by atoms with E-state index in [-0.39, 0.29) is 24.7 Å². The molecule has 8 nitrogen and oxygen atoms in total. The van der Waals surface area contributed by atoms with E-state index in [1.807, 2.05) is 30.3 Å². The fourth-order valence-corrected chi connectivity index (χ4v) is 5.00. The van der Waals surface area contributed by atoms with Crippen LogP contribution in [-0.4, -0.2) is 57.5 Å². The Bertz CT molecular complexity index is 975. The van der Waals surface area contributed by atoms with Gasteiger partial charge in [0.2, 0.25) is 12.3 Å². The molecule has 2 fully saturated rings. The number of pyridine rings is 1. The van der Waals surface area contributed by atoms with Crippen LogP contribution in [-0.2, 0) is 20.8 Å². The highest BCUT2D eigenvalue weighted by Crippen LogP contribution is 2.32. The standard InChI is InChI=1S/C24H30N4O4/c29-16-27(32)15-20(11-17-5-1-2-6-17)24(31)28-22(9-10-26-28)23(30)13-18-12-19-7-3-4-8-21(19)25-14-18/h3-4,7-8,12,14,16-17,20,22,26,32H,1-2,5-6,9-11,13,15H2/t20-,22+/m1/s1. The molecule has 1 saturated heterocycles. The number of ketones is 1. The second-order valence-electron chi connectivity index (χ2n) is 8.91. The number of rotatable bonds is 9. The fourth-order valence-electron chi connectivity index (χ4n) is 5.00. The van der Waals surface area contributed by atoms with E-state index < -0.39 is 12.0 Å². The predicted molar refractivity (Wildman–Crippen MR) is 118 cm³/mol. The summed E-state index contributed by atoms with van der Waals surface area (Å²) in [6, 6.07) is 9.15. The van der Waals surface area contributed by atoms with Gasteiger partial charge in [0.15, 0.2) is 5.78 Å². The number of benzene rings is 1. The average molecular weight is 439 g/mol. The van der Waals surface area contributed by atoms with Crippen molar-refractivity contribution in [1.82, 2.24) is 20.5 Å². The molecule has 4 rings (SSSR count). The minimum Gasteiger partial charge on any atom is -0.297 e. The number of hydrogen-bond acceptors (Lipinski definition) is 6. The number of fused-ring (bicyclic) bond motifs is 1. The van der Waals surface area contributed by atoms with Gasteiger partial charge in [-0.2, -0.15) is 0 Å². The second-order valence-corrected chi connectivity index (χ2v) is 8.91. The molecule has 170 valence electrons. The molecule has 1 aliphatic heterocycles. The summed E-state index contributed by atoms with van der Waals surface area (Å²) in [5, 5.41) is 12.7. The predicted octanol–water partition coefficient (Wildman–Crippen LogP) is 2.50. The molecule has 1 aliphatic carbocycles. The molecule has 0 bridgehead atoms. The minimum atomic E-state index is -0.566. The van der Waals surface area contributed by atoms with Crippen molar-refractivity contribution in [3.63, 3.8) is 0 Å². The number of aromatic nitrogens is 1. The minimum absolute atomic E-state index is 0.0451. The van der Waals surface area contributed by atoms with E-state index in [0.29, 0.717) is 36.8 Å². The van der Waals surface area contributed by atoms with E-state index in [2.05, 4.69) is 10.4 Å². The molecular formula is C24H30N4O4. The molecule has 0 radical (unpaired) electrons. The zero-order valence-electron chi connectivity index (χ0n) is 18.2. The molecule has 32 heavy (non-hydrogen) atoms. The molecule has 1 saturated carbocycles. The topological polar surface area (TPSA) is 103 Å². The summed E-state index contributed by atoms with van der Waals surface area (Å²) in [4.78, 5) is 41.9. The van der Waals surface area contributed by atoms with E-state index in [9.17, 15) is 19.6 Å². The highest BCUT2D eigenvalue weighted by molar-refractivity contribution is 5.92. The highest BCUT2D eigenvalue weighted by atomic mass is 16.5. The summed E-state index contributed by atoms with van der Waals surface area (Å²) in [5.41, 5.74) is 4.75. The Morgan fingerprint density at radius 2 is 2.03 bits per heavy atom. The number of carbonyl (C=O) groups is 3. The number of nitrogens with one attached hydrogen (secondary N) is 1. The Kier molecular flexibility index (Phi) is 7.12. The Balaban J connectivity index is 1.46. The first-order chi connectivity index (χ1) is 15.5. The van der Waals surface area contributed by atoms with Gasteiger partial charge in [-0.15, -0.1) is 0 Å². The lowest BCUT2D eigenvalue weighted by Crippen LogP contribution is -2.50. The number of para-hydroxylation sites is 1. The van der Waals surface area contributed by atoms with Crippen LogP contribution in [0.1, 0.15) is 44.1 Å². The molecule has 2 heterocycles. The molecule has 2 aliphatic rings. The number of hydrazine groups is 1. The maximum Gasteiger partial charge on any atom is 0.242 e. The monoisotopic (exact) mass is 438 g/mol. The maximum atomic E-state index is 13.4. The van der Waals surface area contributed by atoms with Gasteiger partial charge in [-0.25, -0.2) is 10.5 Å². The zero-order valence-corrected chi connectivity index (χ0v) is 18.2. The number of hydroxylamine groups is 2. The van der Waals surface area contributed by atoms with Crippen molar-refractivity contribution in [2.24, 2.45) is 11.8 Å². The molecule has 1 aromatic heterocycles. The smallest absolute Gasteiger partial charge is 0.242 e. The number of carbonyl (C=O) groups excluding carboxylic acids is 3. The van der Waals surface area contributed by atoms with Crippen molar-refractivity contribution in [2.45, 2.75) is 51.0 Å². The largest absolute Gasteiger partial charge is 0.297 e. The van der Waals surface area contributed by atoms with Crippen LogP contribution in [0.5, 0.6) is 0 Å². The van der Waals surface area contributed by atoms with Gasteiger partial charge in [-0.3, -0.25) is 29.6 Å². The Labute approximate surface area is 187 Å². The van der Waals surface area contributed by atoms with Crippen LogP contribution >= 0.6 is 0 Å². The van der Waals surface area contributed by atoms with Crippen molar-refractivity contribution in [1.29, 1.82) is 0 Å². The Morgan fingerprint density at radius 1 is 1.25 bits per heavy atom. The third-order valence-corrected chi connectivity index (χ3v) is 6.62. The second kappa shape index (κ2) is 10.2. The van der Waals surface area contributed by atoms with E-state index in [4.69, 9.17) is 0 Å². The van der Waals surface area contributed by atoms with Crippen LogP contribution in [0.3, 0.4) is 0 Å². The summed E-state index contributed by atoms with van der Waals surface area (Å²) < 4.78 is 0. The van der Waals surface area contributed by atoms with Gasteiger partial charge in [0, 0.05) is 24.5 Å². The normalized spacial score (nSPS) is 19.9. The first kappa shape index (κ1) is 22.4. The van der Waals surface area contributed by atoms with Crippen LogP contribution in [0.15, 0.2) is 36.5 Å². The van der Waals surface area contributed by atoms with Crippen LogP contribution in [0.4, 0.5) is 0 Å². The van der Waals surface area contributed by atoms with Crippen molar-refractivity contribution >= 4 is 29.0 Å². The molecule has 2 aromatic rings. The molecular weight excluding hydrogens is 408 g/mol. The summed E-state index contributed by atoms with van der Waals surface area (Å²) in [6.07, 6.45) is 7.78. The summed E-state index contributed by atoms with van der Waals surface area (Å²) in [6.45, 7) is 0.470. The Hall–Kier alpha value is -2.84. The van der Waals surface area contributed by atoms with Crippen LogP contribution in [0.25, 0.3) is 10.9 Å². The molecule has 1 aromatic carbocycles. The number of Topliss-reactive ketones (excluding diaryl/α,β-unsaturated/α-hetero) is 1. The lowest BCUT2D eigenvalue weighted by atomic mass is 9.91. The van der Waals surface area contributed by atoms with Crippen LogP contribution in [0, 0.1) is 11.8 Å². The summed E-state index contributed by atoms with van der Waals surface area (Å²) >= 11 is 0. The lowest BCUT2D eigenvalue weighted by Gasteiger charge is -2.30. The SMILES string of the molecule is O=CN(O)C[C@@H](CC1CCCC1)C(=O)N1NCC[C@H]1C(=O)Cc1cnc2ccccc2c1. The Morgan fingerprint density at radius 3 is 2.81 bits per heavy atom. The first-order valence-electron chi connectivity index (χ1n) is 11.4. The van der Waals surface area contributed by atoms with E-state index in [0.717, 1.165) is 42.1 Å². The number of nitrogens with zero attached hydrogens (tertiary/aromatic N) is 3. The number of hydrogen-bond donors (Lipinski definition) is 2. The van der Waals surface area contributed by atoms with E-state index >= 15 is 0 Å². The average Bonchev–Trinajstić information content (AvgIpc) is 3.50. The van der Waals surface area contributed by atoms with Gasteiger partial charge in [0.1, 0.15) is 6.04 Å². The molecule has 2 atom stereocenters. The van der Waals surface area contributed by atoms with Gasteiger partial charge in [0.25, 0.3) is 0 Å². The first-order valence-corrected chi connectivity index (χ1v) is 11.4. The van der Waals surface area contributed by atoms with Crippen molar-refractivity contribution in [3.8, 4) is 0 Å². The van der Waals surface area contributed by atoms with E-state index in [1.54, 1.807) is 6.20 Å². The molecule has 2 N–H and O–H groups in total. The number of amides is 2. The van der Waals surface area contributed by atoms with E-state index in [1.165, 1.54) is 5.01 Å². The van der Waals surface area contributed by atoms with Crippen molar-refractivity contribution in [3.05, 3.63) is 42.1 Å². The van der Waals surface area contributed by atoms with Crippen molar-refractivity contribution < 1.29 is 19.6 Å². The van der Waals surface area contributed by atoms with Gasteiger partial charge >= 0.3 is 0 Å². The summed E-state index contributed by atoms with van der Waals surface area (Å²) in [7, 11) is 0. The highest BCUT2D eigenvalue weighted by Gasteiger charge is 2.38. The van der Waals surface area contributed by atoms with Gasteiger partial charge in [-0.05, 0) is 36.5 Å². The third-order valence-electron chi connectivity index (χ3n) is 6.62. The fraction of sp³-hybridized carbons (Fsp3) is 0.500. The molecule has 2 amide bonds. The molecule has 0 unspecified atom stereocenters. The van der Waals surface area contributed by atoms with Crippen molar-refractivity contribution in [2.75, 3.05) is 13.1 Å². The zero-order chi connectivity index (χ0) is 22.5. The van der Waals surface area contributed by atoms with Gasteiger partial charge in [-0.1, -0.05) is 43.9 Å². The summed E-state index contributed by atoms with van der Waals surface area (Å²) in [5.74, 6) is -0.414. The molecule has 0 spiro atoms. The third kappa shape index (κ3) is 5.14. The van der Waals surface area contributed by atoms with Gasteiger partial charge < -0.3 is 0 Å². The van der Waals surface area contributed by atoms with Crippen LogP contribution < -0.4 is 5.43 Å².